The molecule has 0 unspecified atom stereocenters. The molecule has 2 fully saturated rings. The van der Waals surface area contributed by atoms with Crippen LogP contribution in [0.4, 0.5) is 4.39 Å². The van der Waals surface area contributed by atoms with Crippen molar-refractivity contribution in [3.63, 3.8) is 0 Å². The van der Waals surface area contributed by atoms with E-state index in [-0.39, 0.29) is 19.6 Å². The van der Waals surface area contributed by atoms with Gasteiger partial charge >= 0.3 is 0 Å². The molecule has 0 N–H and O–H groups in total. The van der Waals surface area contributed by atoms with Gasteiger partial charge in [-0.1, -0.05) is 74.8 Å². The number of benzene rings is 1. The van der Waals surface area contributed by atoms with Gasteiger partial charge in [0.1, 0.15) is 5.82 Å². The Balaban J connectivity index is 1.43. The molecule has 1 aliphatic carbocycles. The zero-order chi connectivity index (χ0) is 17.6. The van der Waals surface area contributed by atoms with Crippen LogP contribution in [0.2, 0.25) is 23.2 Å². The molecule has 0 nitrogen and oxygen atoms in total. The Morgan fingerprint density at radius 1 is 1.00 bits per heavy atom. The summed E-state index contributed by atoms with van der Waals surface area (Å²) in [6.07, 6.45) is 12.5. The lowest BCUT2D eigenvalue weighted by atomic mass is 9.72. The highest BCUT2D eigenvalue weighted by Gasteiger charge is 2.31. The average molecular weight is 381 g/mol. The fraction of sp³-hybridized carbons (Fsp3) is 0.727. The normalized spacial score (nSPS) is 30.4. The molecule has 2 aliphatic rings. The van der Waals surface area contributed by atoms with E-state index in [9.17, 15) is 4.39 Å². The molecule has 1 heterocycles. The van der Waals surface area contributed by atoms with E-state index in [1.807, 2.05) is 6.07 Å². The van der Waals surface area contributed by atoms with Gasteiger partial charge < -0.3 is 0 Å². The van der Waals surface area contributed by atoms with Crippen molar-refractivity contribution in [1.29, 1.82) is 0 Å². The molecular weight excluding hydrogens is 347 g/mol. The molecule has 140 valence electrons. The summed E-state index contributed by atoms with van der Waals surface area (Å²) >= 11 is 5.82. The van der Waals surface area contributed by atoms with E-state index in [4.69, 9.17) is 11.6 Å². The van der Waals surface area contributed by atoms with Crippen LogP contribution in [0, 0.1) is 17.7 Å². The summed E-state index contributed by atoms with van der Waals surface area (Å²) in [7, 11) is -0.377. The monoisotopic (exact) mass is 380 g/mol. The number of unbranched alkanes of at least 4 members (excludes halogenated alkanes) is 2. The molecule has 0 radical (unpaired) electrons. The maximum atomic E-state index is 13.7. The van der Waals surface area contributed by atoms with Crippen LogP contribution in [0.15, 0.2) is 18.2 Å². The van der Waals surface area contributed by atoms with Crippen molar-refractivity contribution in [3.8, 4) is 0 Å². The molecule has 0 bridgehead atoms. The Labute approximate surface area is 160 Å². The molecule has 0 aromatic heterocycles. The summed E-state index contributed by atoms with van der Waals surface area (Å²) in [4.78, 5) is 0. The Morgan fingerprint density at radius 3 is 2.32 bits per heavy atom. The Morgan fingerprint density at radius 2 is 1.68 bits per heavy atom. The second-order valence-corrected chi connectivity index (χ2v) is 12.4. The van der Waals surface area contributed by atoms with Crippen molar-refractivity contribution in [2.75, 3.05) is 0 Å². The molecule has 1 saturated heterocycles. The lowest BCUT2D eigenvalue weighted by Crippen LogP contribution is -2.28. The number of rotatable bonds is 6. The molecule has 3 heteroatoms. The van der Waals surface area contributed by atoms with Crippen LogP contribution in [0.3, 0.4) is 0 Å². The largest absolute Gasteiger partial charge is 0.205 e. The second-order valence-electron chi connectivity index (χ2n) is 8.56. The fourth-order valence-electron chi connectivity index (χ4n) is 5.32. The molecule has 0 amide bonds. The van der Waals surface area contributed by atoms with Crippen LogP contribution in [-0.4, -0.2) is 8.80 Å². The van der Waals surface area contributed by atoms with Crippen molar-refractivity contribution in [2.45, 2.75) is 88.8 Å². The van der Waals surface area contributed by atoms with Crippen molar-refractivity contribution in [3.05, 3.63) is 34.6 Å². The van der Waals surface area contributed by atoms with Crippen molar-refractivity contribution in [1.82, 2.24) is 0 Å². The zero-order valence-corrected chi connectivity index (χ0v) is 17.7. The lowest BCUT2D eigenvalue weighted by molar-refractivity contribution is 0.216. The fourth-order valence-corrected chi connectivity index (χ4v) is 8.97. The zero-order valence-electron chi connectivity index (χ0n) is 15.8. The van der Waals surface area contributed by atoms with E-state index in [0.717, 1.165) is 17.4 Å². The SMILES string of the molecule is CCCCC[SiH]1CCC(C2CCC(c3ccc(Cl)c(F)c3)CC2)CC1. The third kappa shape index (κ3) is 5.32. The minimum atomic E-state index is -0.377. The summed E-state index contributed by atoms with van der Waals surface area (Å²) < 4.78 is 13.7. The minimum Gasteiger partial charge on any atom is -0.205 e. The van der Waals surface area contributed by atoms with E-state index in [1.165, 1.54) is 57.8 Å². The predicted octanol–water partition coefficient (Wildman–Crippen LogP) is 7.58. The van der Waals surface area contributed by atoms with Gasteiger partial charge in [-0.05, 0) is 61.1 Å². The van der Waals surface area contributed by atoms with Gasteiger partial charge in [-0.2, -0.15) is 0 Å². The van der Waals surface area contributed by atoms with Crippen molar-refractivity contribution in [2.24, 2.45) is 11.8 Å². The maximum absolute atomic E-state index is 13.7. The molecular formula is C22H34ClFSi. The van der Waals surface area contributed by atoms with Crippen LogP contribution in [0.25, 0.3) is 0 Å². The van der Waals surface area contributed by atoms with Crippen LogP contribution in [0.1, 0.15) is 76.2 Å². The van der Waals surface area contributed by atoms with Gasteiger partial charge in [-0.15, -0.1) is 0 Å². The van der Waals surface area contributed by atoms with Gasteiger partial charge in [-0.3, -0.25) is 0 Å². The first kappa shape index (κ1) is 19.4. The van der Waals surface area contributed by atoms with Gasteiger partial charge in [0, 0.05) is 8.80 Å². The topological polar surface area (TPSA) is 0 Å². The molecule has 1 aliphatic heterocycles. The number of hydrogen-bond acceptors (Lipinski definition) is 0. The van der Waals surface area contributed by atoms with Crippen LogP contribution in [0.5, 0.6) is 0 Å². The first-order valence-electron chi connectivity index (χ1n) is 10.6. The third-order valence-corrected chi connectivity index (χ3v) is 10.8. The van der Waals surface area contributed by atoms with E-state index in [2.05, 4.69) is 6.92 Å². The minimum absolute atomic E-state index is 0.247. The number of hydrogen-bond donors (Lipinski definition) is 0. The molecule has 1 saturated carbocycles. The summed E-state index contributed by atoms with van der Waals surface area (Å²) in [5, 5.41) is 0.247. The lowest BCUT2D eigenvalue weighted by Gasteiger charge is -2.37. The van der Waals surface area contributed by atoms with E-state index >= 15 is 0 Å². The standard InChI is InChI=1S/C22H34ClFSi/c1-2-3-4-13-25-14-11-19(12-15-25)17-5-7-18(8-6-17)20-9-10-21(23)22(24)16-20/h9-10,16-19,25H,2-8,11-15H2,1H3. The molecule has 25 heavy (non-hydrogen) atoms. The van der Waals surface area contributed by atoms with E-state index in [0.29, 0.717) is 5.92 Å². The predicted molar refractivity (Wildman–Crippen MR) is 110 cm³/mol. The summed E-state index contributed by atoms with van der Waals surface area (Å²) in [5.41, 5.74) is 1.16. The summed E-state index contributed by atoms with van der Waals surface area (Å²) in [5.74, 6) is 2.23. The first-order chi connectivity index (χ1) is 12.2. The second kappa shape index (κ2) is 9.55. The van der Waals surface area contributed by atoms with E-state index in [1.54, 1.807) is 30.3 Å². The quantitative estimate of drug-likeness (QED) is 0.352. The van der Waals surface area contributed by atoms with Crippen LogP contribution >= 0.6 is 11.6 Å². The van der Waals surface area contributed by atoms with Gasteiger partial charge in [0.2, 0.25) is 0 Å². The van der Waals surface area contributed by atoms with Gasteiger partial charge in [0.15, 0.2) is 0 Å². The molecule has 1 aromatic carbocycles. The first-order valence-corrected chi connectivity index (χ1v) is 13.4. The highest BCUT2D eigenvalue weighted by molar-refractivity contribution is 6.58. The van der Waals surface area contributed by atoms with Crippen molar-refractivity contribution >= 4 is 20.4 Å². The molecule has 1 aromatic rings. The van der Waals surface area contributed by atoms with Gasteiger partial charge in [0.05, 0.1) is 5.02 Å². The third-order valence-electron chi connectivity index (χ3n) is 6.96. The van der Waals surface area contributed by atoms with E-state index < -0.39 is 0 Å². The number of halogens is 2. The highest BCUT2D eigenvalue weighted by Crippen LogP contribution is 2.43. The van der Waals surface area contributed by atoms with Crippen LogP contribution < -0.4 is 0 Å². The smallest absolute Gasteiger partial charge is 0.142 e. The van der Waals surface area contributed by atoms with Crippen molar-refractivity contribution < 1.29 is 4.39 Å². The molecule has 0 atom stereocenters. The Kier molecular flexibility index (Phi) is 7.42. The summed E-state index contributed by atoms with van der Waals surface area (Å²) in [6, 6.07) is 10.2. The summed E-state index contributed by atoms with van der Waals surface area (Å²) in [6.45, 7) is 2.31. The van der Waals surface area contributed by atoms with Gasteiger partial charge in [0.25, 0.3) is 0 Å². The Bertz CT molecular complexity index is 531. The average Bonchev–Trinajstić information content (AvgIpc) is 2.65. The molecule has 3 rings (SSSR count). The maximum Gasteiger partial charge on any atom is 0.142 e. The van der Waals surface area contributed by atoms with Gasteiger partial charge in [-0.25, -0.2) is 4.39 Å². The van der Waals surface area contributed by atoms with Crippen LogP contribution in [-0.2, 0) is 0 Å². The molecule has 0 spiro atoms. The highest BCUT2D eigenvalue weighted by atomic mass is 35.5. The Hall–Kier alpha value is -0.343.